The number of hydrogen-bond donors (Lipinski definition) is 1. The lowest BCUT2D eigenvalue weighted by Crippen LogP contribution is -2.08. The molecule has 0 saturated carbocycles. The van der Waals surface area contributed by atoms with Gasteiger partial charge in [0.2, 0.25) is 11.6 Å². The van der Waals surface area contributed by atoms with Crippen molar-refractivity contribution in [3.8, 4) is 5.75 Å². The van der Waals surface area contributed by atoms with Gasteiger partial charge >= 0.3 is 0 Å². The first kappa shape index (κ1) is 11.8. The van der Waals surface area contributed by atoms with Crippen molar-refractivity contribution in [1.29, 1.82) is 0 Å². The molecule has 0 atom stereocenters. The topological polar surface area (TPSA) is 29.5 Å². The Labute approximate surface area is 83.1 Å². The maximum absolute atomic E-state index is 13.1. The summed E-state index contributed by atoms with van der Waals surface area (Å²) >= 11 is 0. The number of aliphatic hydroxyl groups excluding tert-OH is 1. The van der Waals surface area contributed by atoms with Gasteiger partial charge in [0.25, 0.3) is 0 Å². The first-order chi connectivity index (χ1) is 7.04. The van der Waals surface area contributed by atoms with E-state index in [2.05, 4.69) is 4.74 Å². The van der Waals surface area contributed by atoms with Crippen LogP contribution in [0.2, 0.25) is 0 Å². The third kappa shape index (κ3) is 1.90. The minimum Gasteiger partial charge on any atom is -0.488 e. The molecule has 0 aliphatic rings. The summed E-state index contributed by atoms with van der Waals surface area (Å²) in [5.74, 6) is -7.66. The highest BCUT2D eigenvalue weighted by molar-refractivity contribution is 5.34. The summed E-state index contributed by atoms with van der Waals surface area (Å²) in [4.78, 5) is 0. The van der Waals surface area contributed by atoms with Crippen LogP contribution in [0, 0.1) is 23.3 Å². The van der Waals surface area contributed by atoms with E-state index in [1.807, 2.05) is 0 Å². The van der Waals surface area contributed by atoms with Crippen molar-refractivity contribution in [1.82, 2.24) is 0 Å². The molecule has 0 amide bonds. The van der Waals surface area contributed by atoms with E-state index in [0.29, 0.717) is 0 Å². The van der Waals surface area contributed by atoms with Crippen LogP contribution in [0.25, 0.3) is 0 Å². The molecule has 2 nitrogen and oxygen atoms in total. The fourth-order valence-electron chi connectivity index (χ4n) is 1.07. The van der Waals surface area contributed by atoms with E-state index in [0.717, 1.165) is 0 Å². The molecule has 6 heteroatoms. The van der Waals surface area contributed by atoms with Crippen LogP contribution in [-0.4, -0.2) is 11.7 Å². The van der Waals surface area contributed by atoms with Gasteiger partial charge in [-0.1, -0.05) is 0 Å². The van der Waals surface area contributed by atoms with Crippen molar-refractivity contribution in [2.24, 2.45) is 0 Å². The quantitative estimate of drug-likeness (QED) is 0.629. The number of aliphatic hydroxyl groups is 1. The maximum atomic E-state index is 13.1. The molecule has 0 aromatic heterocycles. The molecule has 0 fully saturated rings. The molecule has 1 N–H and O–H groups in total. The highest BCUT2D eigenvalue weighted by Crippen LogP contribution is 2.29. The standard InChI is InChI=1S/C9H8F4O2/c1-2-15-9-7(12)5(10)4(3-14)6(11)8(9)13/h14H,2-3H2,1H3. The van der Waals surface area contributed by atoms with Gasteiger partial charge in [-0.05, 0) is 6.92 Å². The second kappa shape index (κ2) is 4.48. The van der Waals surface area contributed by atoms with Crippen molar-refractivity contribution in [2.45, 2.75) is 13.5 Å². The van der Waals surface area contributed by atoms with Crippen molar-refractivity contribution in [2.75, 3.05) is 6.61 Å². The van der Waals surface area contributed by atoms with Gasteiger partial charge in [-0.2, -0.15) is 8.78 Å². The Kier molecular flexibility index (Phi) is 3.52. The third-order valence-corrected chi connectivity index (χ3v) is 1.76. The van der Waals surface area contributed by atoms with E-state index in [9.17, 15) is 17.6 Å². The zero-order chi connectivity index (χ0) is 11.6. The molecule has 0 aliphatic carbocycles. The Morgan fingerprint density at radius 3 is 1.80 bits per heavy atom. The van der Waals surface area contributed by atoms with E-state index >= 15 is 0 Å². The fourth-order valence-corrected chi connectivity index (χ4v) is 1.07. The summed E-state index contributed by atoms with van der Waals surface area (Å²) < 4.78 is 56.5. The van der Waals surface area contributed by atoms with Gasteiger partial charge in [0.1, 0.15) is 0 Å². The Hall–Kier alpha value is -1.30. The normalized spacial score (nSPS) is 10.5. The third-order valence-electron chi connectivity index (χ3n) is 1.76. The van der Waals surface area contributed by atoms with Gasteiger partial charge in [-0.3, -0.25) is 0 Å². The van der Waals surface area contributed by atoms with Crippen LogP contribution < -0.4 is 4.74 Å². The predicted molar refractivity (Wildman–Crippen MR) is 43.4 cm³/mol. The highest BCUT2D eigenvalue weighted by Gasteiger charge is 2.25. The first-order valence-electron chi connectivity index (χ1n) is 4.13. The van der Waals surface area contributed by atoms with Crippen LogP contribution in [0.4, 0.5) is 17.6 Å². The molecule has 0 spiro atoms. The van der Waals surface area contributed by atoms with E-state index in [1.165, 1.54) is 6.92 Å². The summed E-state index contributed by atoms with van der Waals surface area (Å²) in [7, 11) is 0. The lowest BCUT2D eigenvalue weighted by Gasteiger charge is -2.10. The van der Waals surface area contributed by atoms with Crippen LogP contribution in [-0.2, 0) is 6.61 Å². The number of hydrogen-bond acceptors (Lipinski definition) is 2. The van der Waals surface area contributed by atoms with E-state index in [4.69, 9.17) is 5.11 Å². The molecule has 84 valence electrons. The van der Waals surface area contributed by atoms with Crippen LogP contribution in [0.1, 0.15) is 12.5 Å². The van der Waals surface area contributed by atoms with Crippen LogP contribution in [0.15, 0.2) is 0 Å². The van der Waals surface area contributed by atoms with E-state index in [1.54, 1.807) is 0 Å². The molecule has 0 bridgehead atoms. The predicted octanol–water partition coefficient (Wildman–Crippen LogP) is 2.13. The molecule has 1 aromatic rings. The minimum atomic E-state index is -1.64. The first-order valence-corrected chi connectivity index (χ1v) is 4.13. The van der Waals surface area contributed by atoms with Crippen molar-refractivity contribution in [3.63, 3.8) is 0 Å². The summed E-state index contributed by atoms with van der Waals surface area (Å²) in [6.07, 6.45) is 0. The second-order valence-corrected chi connectivity index (χ2v) is 2.65. The van der Waals surface area contributed by atoms with Gasteiger partial charge < -0.3 is 9.84 Å². The van der Waals surface area contributed by atoms with Gasteiger partial charge in [-0.25, -0.2) is 8.78 Å². The molecule has 0 aliphatic heterocycles. The number of halogens is 4. The molecule has 1 aromatic carbocycles. The number of rotatable bonds is 3. The summed E-state index contributed by atoms with van der Waals surface area (Å²) in [6.45, 7) is 0.151. The molecule has 1 rings (SSSR count). The van der Waals surface area contributed by atoms with Gasteiger partial charge in [0.15, 0.2) is 17.4 Å². The molecule has 0 unspecified atom stereocenters. The SMILES string of the molecule is CCOc1c(F)c(F)c(CO)c(F)c1F. The Balaban J connectivity index is 3.44. The van der Waals surface area contributed by atoms with Crippen LogP contribution in [0.3, 0.4) is 0 Å². The van der Waals surface area contributed by atoms with Gasteiger partial charge in [-0.15, -0.1) is 0 Å². The smallest absolute Gasteiger partial charge is 0.204 e. The molecule has 0 saturated heterocycles. The minimum absolute atomic E-state index is 0.134. The molecular weight excluding hydrogens is 216 g/mol. The number of benzene rings is 1. The maximum Gasteiger partial charge on any atom is 0.204 e. The Morgan fingerprint density at radius 2 is 1.47 bits per heavy atom. The average Bonchev–Trinajstić information content (AvgIpc) is 2.23. The largest absolute Gasteiger partial charge is 0.488 e. The number of ether oxygens (including phenoxy) is 1. The molecular formula is C9H8F4O2. The zero-order valence-electron chi connectivity index (χ0n) is 7.78. The summed E-state index contributed by atoms with van der Waals surface area (Å²) in [5, 5.41) is 8.51. The van der Waals surface area contributed by atoms with E-state index < -0.39 is 41.2 Å². The van der Waals surface area contributed by atoms with Gasteiger partial charge in [0.05, 0.1) is 18.8 Å². The zero-order valence-corrected chi connectivity index (χ0v) is 7.78. The van der Waals surface area contributed by atoms with E-state index in [-0.39, 0.29) is 6.61 Å². The lowest BCUT2D eigenvalue weighted by atomic mass is 10.1. The molecule has 15 heavy (non-hydrogen) atoms. The van der Waals surface area contributed by atoms with Crippen LogP contribution >= 0.6 is 0 Å². The lowest BCUT2D eigenvalue weighted by molar-refractivity contribution is 0.250. The highest BCUT2D eigenvalue weighted by atomic mass is 19.2. The van der Waals surface area contributed by atoms with Crippen LogP contribution in [0.5, 0.6) is 5.75 Å². The molecule has 0 heterocycles. The Bertz CT molecular complexity index is 350. The van der Waals surface area contributed by atoms with Gasteiger partial charge in [0, 0.05) is 0 Å². The fraction of sp³-hybridized carbons (Fsp3) is 0.333. The van der Waals surface area contributed by atoms with Crippen molar-refractivity contribution < 1.29 is 27.4 Å². The molecule has 0 radical (unpaired) electrons. The second-order valence-electron chi connectivity index (χ2n) is 2.65. The van der Waals surface area contributed by atoms with Crippen molar-refractivity contribution >= 4 is 0 Å². The monoisotopic (exact) mass is 224 g/mol. The average molecular weight is 224 g/mol. The Morgan fingerprint density at radius 1 is 1.00 bits per heavy atom. The summed E-state index contributed by atoms with van der Waals surface area (Å²) in [6, 6.07) is 0. The van der Waals surface area contributed by atoms with Crippen molar-refractivity contribution in [3.05, 3.63) is 28.8 Å². The summed E-state index contributed by atoms with van der Waals surface area (Å²) in [5.41, 5.74) is -1.05.